The average Bonchev–Trinajstić information content (AvgIpc) is 2.27. The number of benzene rings is 1. The van der Waals surface area contributed by atoms with E-state index in [1.807, 2.05) is 18.2 Å². The highest BCUT2D eigenvalue weighted by molar-refractivity contribution is 5.54. The molecule has 6 nitrogen and oxygen atoms in total. The molecule has 0 spiro atoms. The maximum absolute atomic E-state index is 11.1. The fourth-order valence-electron chi connectivity index (χ4n) is 1.23. The second-order valence-electron chi connectivity index (χ2n) is 3.13. The second-order valence-corrected chi connectivity index (χ2v) is 3.13. The minimum absolute atomic E-state index is 0.0101. The SMILES string of the molecule is O=c1cc(Nc2ccccc2)[nH]c(=O)n1O. The van der Waals surface area contributed by atoms with Crippen LogP contribution >= 0.6 is 0 Å². The number of H-pyrrole nitrogens is 1. The fraction of sp³-hybridized carbons (Fsp3) is 0. The number of anilines is 2. The zero-order valence-corrected chi connectivity index (χ0v) is 8.18. The van der Waals surface area contributed by atoms with Gasteiger partial charge < -0.3 is 10.5 Å². The molecule has 1 heterocycles. The third kappa shape index (κ3) is 1.95. The largest absolute Gasteiger partial charge is 0.421 e. The van der Waals surface area contributed by atoms with Crippen molar-refractivity contribution < 1.29 is 5.21 Å². The van der Waals surface area contributed by atoms with Gasteiger partial charge in [-0.2, -0.15) is 0 Å². The standard InChI is InChI=1S/C10H9N3O3/c14-9-6-8(12-10(15)13(9)16)11-7-4-2-1-3-5-7/h1-6,11,16H,(H,12,15). The Balaban J connectivity index is 2.37. The molecule has 2 rings (SSSR count). The molecule has 1 aromatic heterocycles. The first-order chi connectivity index (χ1) is 7.66. The van der Waals surface area contributed by atoms with Crippen LogP contribution in [0.5, 0.6) is 0 Å². The molecular formula is C10H9N3O3. The summed E-state index contributed by atoms with van der Waals surface area (Å²) in [5, 5.41) is 11.8. The summed E-state index contributed by atoms with van der Waals surface area (Å²) < 4.78 is 0.0101. The third-order valence-corrected chi connectivity index (χ3v) is 1.96. The van der Waals surface area contributed by atoms with E-state index in [1.54, 1.807) is 12.1 Å². The van der Waals surface area contributed by atoms with Crippen molar-refractivity contribution in [2.24, 2.45) is 0 Å². The Morgan fingerprint density at radius 2 is 1.88 bits per heavy atom. The van der Waals surface area contributed by atoms with E-state index < -0.39 is 11.2 Å². The molecule has 1 aromatic carbocycles. The van der Waals surface area contributed by atoms with E-state index in [2.05, 4.69) is 10.3 Å². The average molecular weight is 219 g/mol. The van der Waals surface area contributed by atoms with Crippen LogP contribution in [0.3, 0.4) is 0 Å². The zero-order chi connectivity index (χ0) is 11.5. The summed E-state index contributed by atoms with van der Waals surface area (Å²) >= 11 is 0. The molecule has 82 valence electrons. The van der Waals surface area contributed by atoms with E-state index in [9.17, 15) is 9.59 Å². The fourth-order valence-corrected chi connectivity index (χ4v) is 1.23. The first kappa shape index (κ1) is 10.0. The van der Waals surface area contributed by atoms with Gasteiger partial charge in [-0.1, -0.05) is 22.9 Å². The van der Waals surface area contributed by atoms with Crippen molar-refractivity contribution in [1.82, 2.24) is 9.71 Å². The van der Waals surface area contributed by atoms with Crippen molar-refractivity contribution in [1.29, 1.82) is 0 Å². The summed E-state index contributed by atoms with van der Waals surface area (Å²) in [5.74, 6) is 0.228. The zero-order valence-electron chi connectivity index (χ0n) is 8.18. The van der Waals surface area contributed by atoms with Gasteiger partial charge >= 0.3 is 5.69 Å². The highest BCUT2D eigenvalue weighted by atomic mass is 16.5. The monoisotopic (exact) mass is 219 g/mol. The van der Waals surface area contributed by atoms with E-state index in [0.717, 1.165) is 11.8 Å². The molecule has 3 N–H and O–H groups in total. The summed E-state index contributed by atoms with van der Waals surface area (Å²) in [6.07, 6.45) is 0. The number of hydrogen-bond acceptors (Lipinski definition) is 4. The van der Waals surface area contributed by atoms with E-state index in [0.29, 0.717) is 0 Å². The normalized spacial score (nSPS) is 10.0. The van der Waals surface area contributed by atoms with Crippen LogP contribution in [0.2, 0.25) is 0 Å². The molecule has 0 fully saturated rings. The molecule has 0 aliphatic rings. The Morgan fingerprint density at radius 1 is 1.19 bits per heavy atom. The third-order valence-electron chi connectivity index (χ3n) is 1.96. The maximum atomic E-state index is 11.1. The van der Waals surface area contributed by atoms with E-state index in [1.165, 1.54) is 0 Å². The molecule has 0 unspecified atom stereocenters. The van der Waals surface area contributed by atoms with E-state index in [-0.39, 0.29) is 10.5 Å². The summed E-state index contributed by atoms with van der Waals surface area (Å²) in [6.45, 7) is 0. The summed E-state index contributed by atoms with van der Waals surface area (Å²) in [7, 11) is 0. The van der Waals surface area contributed by atoms with Crippen LogP contribution in [-0.4, -0.2) is 14.9 Å². The van der Waals surface area contributed by atoms with Gasteiger partial charge in [-0.25, -0.2) is 4.79 Å². The van der Waals surface area contributed by atoms with Crippen molar-refractivity contribution >= 4 is 11.5 Å². The number of para-hydroxylation sites is 1. The van der Waals surface area contributed by atoms with Crippen LogP contribution in [0.15, 0.2) is 46.0 Å². The Hall–Kier alpha value is -2.50. The number of rotatable bonds is 2. The summed E-state index contributed by atoms with van der Waals surface area (Å²) in [5.41, 5.74) is -0.943. The van der Waals surface area contributed by atoms with E-state index >= 15 is 0 Å². The molecule has 0 bridgehead atoms. The van der Waals surface area contributed by atoms with Gasteiger partial charge in [0.05, 0.1) is 0 Å². The Morgan fingerprint density at radius 3 is 2.50 bits per heavy atom. The Labute approximate surface area is 89.8 Å². The second kappa shape index (κ2) is 3.93. The van der Waals surface area contributed by atoms with Gasteiger partial charge in [0.15, 0.2) is 0 Å². The molecular weight excluding hydrogens is 210 g/mol. The number of nitrogens with zero attached hydrogens (tertiary/aromatic N) is 1. The molecule has 0 saturated heterocycles. The smallest absolute Gasteiger partial charge is 0.363 e. The summed E-state index contributed by atoms with van der Waals surface area (Å²) in [4.78, 5) is 24.5. The number of nitrogens with one attached hydrogen (secondary N) is 2. The Bertz CT molecular complexity index is 569. The lowest BCUT2D eigenvalue weighted by Gasteiger charge is -2.05. The van der Waals surface area contributed by atoms with Gasteiger partial charge in [0.1, 0.15) is 5.82 Å². The minimum Gasteiger partial charge on any atom is -0.421 e. The molecule has 6 heteroatoms. The van der Waals surface area contributed by atoms with Crippen LogP contribution in [0, 0.1) is 0 Å². The lowest BCUT2D eigenvalue weighted by molar-refractivity contribution is 0.160. The van der Waals surface area contributed by atoms with Crippen molar-refractivity contribution in [2.75, 3.05) is 5.32 Å². The van der Waals surface area contributed by atoms with Crippen LogP contribution in [0.1, 0.15) is 0 Å². The lowest BCUT2D eigenvalue weighted by Crippen LogP contribution is -2.33. The summed E-state index contributed by atoms with van der Waals surface area (Å²) in [6, 6.07) is 10.1. The van der Waals surface area contributed by atoms with Crippen LogP contribution < -0.4 is 16.6 Å². The quantitative estimate of drug-likeness (QED) is 0.642. The molecule has 2 aromatic rings. The number of aromatic nitrogens is 2. The van der Waals surface area contributed by atoms with Crippen molar-refractivity contribution in [2.45, 2.75) is 0 Å². The predicted molar refractivity (Wildman–Crippen MR) is 58.2 cm³/mol. The van der Waals surface area contributed by atoms with Crippen molar-refractivity contribution in [3.8, 4) is 0 Å². The molecule has 0 aliphatic heterocycles. The highest BCUT2D eigenvalue weighted by Gasteiger charge is 2.01. The van der Waals surface area contributed by atoms with Crippen LogP contribution in [0.4, 0.5) is 11.5 Å². The molecule has 0 radical (unpaired) electrons. The van der Waals surface area contributed by atoms with Gasteiger partial charge in [-0.3, -0.25) is 9.78 Å². The van der Waals surface area contributed by atoms with Gasteiger partial charge in [0.25, 0.3) is 5.56 Å². The first-order valence-corrected chi connectivity index (χ1v) is 4.54. The molecule has 0 saturated carbocycles. The number of hydrogen-bond donors (Lipinski definition) is 3. The molecule has 0 atom stereocenters. The van der Waals surface area contributed by atoms with Crippen LogP contribution in [0.25, 0.3) is 0 Å². The Kier molecular flexibility index (Phi) is 2.47. The van der Waals surface area contributed by atoms with Gasteiger partial charge in [-0.15, -0.1) is 0 Å². The predicted octanol–water partition coefficient (Wildman–Crippen LogP) is 0.517. The van der Waals surface area contributed by atoms with Crippen molar-refractivity contribution in [3.63, 3.8) is 0 Å². The first-order valence-electron chi connectivity index (χ1n) is 4.54. The van der Waals surface area contributed by atoms with Gasteiger partial charge in [-0.05, 0) is 12.1 Å². The topological polar surface area (TPSA) is 87.1 Å². The molecule has 0 aliphatic carbocycles. The van der Waals surface area contributed by atoms with E-state index in [4.69, 9.17) is 5.21 Å². The number of aromatic amines is 1. The van der Waals surface area contributed by atoms with Crippen molar-refractivity contribution in [3.05, 3.63) is 57.2 Å². The maximum Gasteiger partial charge on any atom is 0.363 e. The lowest BCUT2D eigenvalue weighted by atomic mass is 10.3. The molecule has 0 amide bonds. The molecule has 16 heavy (non-hydrogen) atoms. The van der Waals surface area contributed by atoms with Gasteiger partial charge in [0.2, 0.25) is 0 Å². The highest BCUT2D eigenvalue weighted by Crippen LogP contribution is 2.10. The minimum atomic E-state index is -0.883. The van der Waals surface area contributed by atoms with Gasteiger partial charge in [0, 0.05) is 11.8 Å². The van der Waals surface area contributed by atoms with Crippen LogP contribution in [-0.2, 0) is 0 Å².